The first kappa shape index (κ1) is 13.9. The Balaban J connectivity index is 2.11. The summed E-state index contributed by atoms with van der Waals surface area (Å²) >= 11 is 0. The van der Waals surface area contributed by atoms with Gasteiger partial charge in [0.15, 0.2) is 5.69 Å². The number of hydrogen-bond acceptors (Lipinski definition) is 3. The Morgan fingerprint density at radius 1 is 1.32 bits per heavy atom. The Morgan fingerprint density at radius 2 is 1.95 bits per heavy atom. The predicted molar refractivity (Wildman–Crippen MR) is 59.9 cm³/mol. The smallest absolute Gasteiger partial charge is 0.436 e. The van der Waals surface area contributed by atoms with E-state index >= 15 is 0 Å². The predicted octanol–water partition coefficient (Wildman–Crippen LogP) is 1.70. The van der Waals surface area contributed by atoms with Crippen molar-refractivity contribution < 1.29 is 23.1 Å². The minimum atomic E-state index is -4.74. The Morgan fingerprint density at radius 3 is 2.42 bits per heavy atom. The molecule has 0 aliphatic carbocycles. The summed E-state index contributed by atoms with van der Waals surface area (Å²) in [7, 11) is 0. The number of halogens is 3. The number of aromatic carboxylic acids is 1. The van der Waals surface area contributed by atoms with Crippen molar-refractivity contribution in [3.05, 3.63) is 17.5 Å². The largest absolute Gasteiger partial charge is 0.478 e. The van der Waals surface area contributed by atoms with Crippen molar-refractivity contribution in [2.75, 3.05) is 19.6 Å². The Kier molecular flexibility index (Phi) is 3.79. The van der Waals surface area contributed by atoms with Gasteiger partial charge in [0, 0.05) is 12.7 Å². The average molecular weight is 277 g/mol. The maximum atomic E-state index is 12.6. The highest BCUT2D eigenvalue weighted by molar-refractivity contribution is 5.88. The van der Waals surface area contributed by atoms with Gasteiger partial charge in [0.05, 0.1) is 6.54 Å². The third kappa shape index (κ3) is 3.25. The van der Waals surface area contributed by atoms with Gasteiger partial charge in [-0.1, -0.05) is 0 Å². The maximum Gasteiger partial charge on any atom is 0.436 e. The number of carbonyl (C=O) groups is 1. The van der Waals surface area contributed by atoms with Gasteiger partial charge in [-0.05, 0) is 25.9 Å². The molecule has 106 valence electrons. The first-order chi connectivity index (χ1) is 8.88. The van der Waals surface area contributed by atoms with E-state index in [1.54, 1.807) is 0 Å². The molecule has 1 aliphatic rings. The van der Waals surface area contributed by atoms with E-state index < -0.39 is 23.4 Å². The van der Waals surface area contributed by atoms with Crippen molar-refractivity contribution in [1.29, 1.82) is 0 Å². The Bertz CT molecular complexity index is 464. The molecule has 0 unspecified atom stereocenters. The Labute approximate surface area is 107 Å². The molecular weight excluding hydrogens is 263 g/mol. The molecule has 1 fully saturated rings. The fourth-order valence-electron chi connectivity index (χ4n) is 2.15. The molecule has 0 radical (unpaired) electrons. The highest BCUT2D eigenvalue weighted by Crippen LogP contribution is 2.30. The summed E-state index contributed by atoms with van der Waals surface area (Å²) in [6, 6.07) is 0. The number of alkyl halides is 3. The maximum absolute atomic E-state index is 12.6. The number of carboxylic acid groups (broad SMARTS) is 1. The molecule has 1 aliphatic heterocycles. The van der Waals surface area contributed by atoms with Crippen LogP contribution in [0.5, 0.6) is 0 Å². The summed E-state index contributed by atoms with van der Waals surface area (Å²) in [5, 5.41) is 12.1. The number of carboxylic acids is 1. The standard InChI is InChI=1S/C11H14F3N3O2/c12-11(13,14)9-8(10(18)19)7-17(15-9)6-5-16-3-1-2-4-16/h7H,1-6H2,(H,18,19). The summed E-state index contributed by atoms with van der Waals surface area (Å²) in [4.78, 5) is 12.9. The van der Waals surface area contributed by atoms with E-state index in [0.29, 0.717) is 6.54 Å². The fraction of sp³-hybridized carbons (Fsp3) is 0.636. The van der Waals surface area contributed by atoms with Crippen molar-refractivity contribution in [2.24, 2.45) is 0 Å². The SMILES string of the molecule is O=C(O)c1cn(CCN2CCCC2)nc1C(F)(F)F. The molecule has 5 nitrogen and oxygen atoms in total. The minimum Gasteiger partial charge on any atom is -0.478 e. The summed E-state index contributed by atoms with van der Waals surface area (Å²) in [6.45, 7) is 2.70. The van der Waals surface area contributed by atoms with Crippen LogP contribution in [0.2, 0.25) is 0 Å². The van der Waals surface area contributed by atoms with E-state index in [-0.39, 0.29) is 6.54 Å². The third-order valence-electron chi connectivity index (χ3n) is 3.10. The molecule has 1 aromatic rings. The van der Waals surface area contributed by atoms with Crippen LogP contribution in [-0.4, -0.2) is 45.4 Å². The van der Waals surface area contributed by atoms with Crippen molar-refractivity contribution in [1.82, 2.24) is 14.7 Å². The second kappa shape index (κ2) is 5.20. The van der Waals surface area contributed by atoms with Gasteiger partial charge in [-0.25, -0.2) is 4.79 Å². The molecule has 19 heavy (non-hydrogen) atoms. The van der Waals surface area contributed by atoms with E-state index in [4.69, 9.17) is 5.11 Å². The van der Waals surface area contributed by atoms with E-state index in [9.17, 15) is 18.0 Å². The number of nitrogens with zero attached hydrogens (tertiary/aromatic N) is 3. The molecular formula is C11H14F3N3O2. The lowest BCUT2D eigenvalue weighted by atomic mass is 10.2. The van der Waals surface area contributed by atoms with Gasteiger partial charge in [-0.15, -0.1) is 0 Å². The number of rotatable bonds is 4. The fourth-order valence-corrected chi connectivity index (χ4v) is 2.15. The molecule has 0 aromatic carbocycles. The third-order valence-corrected chi connectivity index (χ3v) is 3.10. The highest BCUT2D eigenvalue weighted by Gasteiger charge is 2.39. The monoisotopic (exact) mass is 277 g/mol. The van der Waals surface area contributed by atoms with Crippen LogP contribution in [0, 0.1) is 0 Å². The van der Waals surface area contributed by atoms with E-state index in [1.807, 2.05) is 0 Å². The van der Waals surface area contributed by atoms with Crippen molar-refractivity contribution >= 4 is 5.97 Å². The van der Waals surface area contributed by atoms with Crippen LogP contribution in [0.15, 0.2) is 6.20 Å². The molecule has 0 atom stereocenters. The summed E-state index contributed by atoms with van der Waals surface area (Å²) in [5.74, 6) is -1.61. The van der Waals surface area contributed by atoms with E-state index in [0.717, 1.165) is 36.8 Å². The summed E-state index contributed by atoms with van der Waals surface area (Å²) in [5.41, 5.74) is -2.13. The number of likely N-dealkylation sites (tertiary alicyclic amines) is 1. The molecule has 2 rings (SSSR count). The van der Waals surface area contributed by atoms with Crippen molar-refractivity contribution in [3.8, 4) is 0 Å². The van der Waals surface area contributed by atoms with Gasteiger partial charge in [-0.3, -0.25) is 4.68 Å². The minimum absolute atomic E-state index is 0.260. The van der Waals surface area contributed by atoms with Crippen LogP contribution in [0.4, 0.5) is 13.2 Å². The summed E-state index contributed by atoms with van der Waals surface area (Å²) < 4.78 is 38.9. The normalized spacial score (nSPS) is 17.0. The zero-order chi connectivity index (χ0) is 14.0. The van der Waals surface area contributed by atoms with Crippen molar-refractivity contribution in [3.63, 3.8) is 0 Å². The van der Waals surface area contributed by atoms with Gasteiger partial charge in [0.25, 0.3) is 0 Å². The molecule has 1 N–H and O–H groups in total. The van der Waals surface area contributed by atoms with Crippen LogP contribution in [0.1, 0.15) is 28.9 Å². The molecule has 1 aromatic heterocycles. The molecule has 0 amide bonds. The summed E-state index contributed by atoms with van der Waals surface area (Å²) in [6.07, 6.45) is -1.62. The van der Waals surface area contributed by atoms with Crippen LogP contribution in [-0.2, 0) is 12.7 Å². The van der Waals surface area contributed by atoms with Crippen molar-refractivity contribution in [2.45, 2.75) is 25.6 Å². The molecule has 8 heteroatoms. The van der Waals surface area contributed by atoms with Crippen LogP contribution < -0.4 is 0 Å². The second-order valence-electron chi connectivity index (χ2n) is 4.51. The van der Waals surface area contributed by atoms with E-state index in [1.165, 1.54) is 0 Å². The molecule has 2 heterocycles. The van der Waals surface area contributed by atoms with Gasteiger partial charge in [0.2, 0.25) is 0 Å². The zero-order valence-corrected chi connectivity index (χ0v) is 10.2. The lowest BCUT2D eigenvalue weighted by Gasteiger charge is -2.13. The quantitative estimate of drug-likeness (QED) is 0.910. The first-order valence-corrected chi connectivity index (χ1v) is 5.98. The first-order valence-electron chi connectivity index (χ1n) is 5.98. The highest BCUT2D eigenvalue weighted by atomic mass is 19.4. The molecule has 0 saturated carbocycles. The average Bonchev–Trinajstić information content (AvgIpc) is 2.94. The topological polar surface area (TPSA) is 58.4 Å². The molecule has 0 spiro atoms. The molecule has 0 bridgehead atoms. The number of aromatic nitrogens is 2. The van der Waals surface area contributed by atoms with Gasteiger partial charge in [-0.2, -0.15) is 18.3 Å². The van der Waals surface area contributed by atoms with Gasteiger partial charge < -0.3 is 10.0 Å². The van der Waals surface area contributed by atoms with E-state index in [2.05, 4.69) is 10.00 Å². The van der Waals surface area contributed by atoms with Crippen LogP contribution >= 0.6 is 0 Å². The van der Waals surface area contributed by atoms with Gasteiger partial charge in [0.1, 0.15) is 5.56 Å². The number of hydrogen-bond donors (Lipinski definition) is 1. The lowest BCUT2D eigenvalue weighted by molar-refractivity contribution is -0.142. The Hall–Kier alpha value is -1.57. The zero-order valence-electron chi connectivity index (χ0n) is 10.2. The second-order valence-corrected chi connectivity index (χ2v) is 4.51. The molecule has 1 saturated heterocycles. The van der Waals surface area contributed by atoms with Crippen LogP contribution in [0.3, 0.4) is 0 Å². The van der Waals surface area contributed by atoms with Crippen LogP contribution in [0.25, 0.3) is 0 Å². The van der Waals surface area contributed by atoms with Gasteiger partial charge >= 0.3 is 12.1 Å². The lowest BCUT2D eigenvalue weighted by Crippen LogP contribution is -2.24.